The number of epoxide rings is 2. The van der Waals surface area contributed by atoms with Gasteiger partial charge in [0.2, 0.25) is 0 Å². The van der Waals surface area contributed by atoms with Crippen molar-refractivity contribution in [3.8, 4) is 0 Å². The Balaban J connectivity index is 1.18. The number of rotatable bonds is 2. The molecule has 6 unspecified atom stereocenters. The minimum atomic E-state index is -0.883. The second kappa shape index (κ2) is 6.17. The molecule has 6 aliphatic rings. The molecule has 1 spiro atoms. The van der Waals surface area contributed by atoms with E-state index in [0.29, 0.717) is 11.8 Å². The molecule has 3 heterocycles. The summed E-state index contributed by atoms with van der Waals surface area (Å²) in [7, 11) is 0. The number of allylic oxidation sites excluding steroid dienone is 1. The molecule has 3 aliphatic carbocycles. The van der Waals surface area contributed by atoms with E-state index in [1.165, 1.54) is 16.7 Å². The second-order valence-corrected chi connectivity index (χ2v) is 12.1. The van der Waals surface area contributed by atoms with Gasteiger partial charge in [0.25, 0.3) is 0 Å². The fraction of sp³-hybridized carbons (Fsp3) is 0.679. The summed E-state index contributed by atoms with van der Waals surface area (Å²) in [4.78, 5) is 13.2. The molecule has 10 atom stereocenters. The van der Waals surface area contributed by atoms with Crippen molar-refractivity contribution in [2.24, 2.45) is 11.3 Å². The van der Waals surface area contributed by atoms with Crippen molar-refractivity contribution >= 4 is 5.78 Å². The summed E-state index contributed by atoms with van der Waals surface area (Å²) in [5.74, 6) is 1.15. The summed E-state index contributed by atoms with van der Waals surface area (Å²) in [6.45, 7) is 8.39. The van der Waals surface area contributed by atoms with Crippen molar-refractivity contribution in [2.75, 3.05) is 0 Å². The zero-order valence-corrected chi connectivity index (χ0v) is 20.0. The SMILES string of the molecule is CC(c1ccc2c(c1)CCC1C2CC2OC23CC=CC(=O)[C@]13C)C1C[C@]2(C)O[C@]2(C)[C@H](O)O1. The molecule has 3 aliphatic heterocycles. The van der Waals surface area contributed by atoms with Gasteiger partial charge >= 0.3 is 0 Å². The fourth-order valence-electron chi connectivity index (χ4n) is 8.19. The lowest BCUT2D eigenvalue weighted by molar-refractivity contribution is -0.187. The normalized spacial score (nSPS) is 52.0. The number of aryl methyl sites for hydroxylation is 1. The predicted octanol–water partition coefficient (Wildman–Crippen LogP) is 4.17. The first-order chi connectivity index (χ1) is 15.6. The van der Waals surface area contributed by atoms with Crippen LogP contribution in [-0.2, 0) is 25.4 Å². The summed E-state index contributed by atoms with van der Waals surface area (Å²) >= 11 is 0. The van der Waals surface area contributed by atoms with Gasteiger partial charge in [-0.1, -0.05) is 31.2 Å². The van der Waals surface area contributed by atoms with Gasteiger partial charge in [0.15, 0.2) is 12.1 Å². The molecular weight excluding hydrogens is 416 g/mol. The van der Waals surface area contributed by atoms with Gasteiger partial charge in [-0.25, -0.2) is 0 Å². The molecule has 0 bridgehead atoms. The maximum Gasteiger partial charge on any atom is 0.186 e. The fourth-order valence-corrected chi connectivity index (χ4v) is 8.19. The number of carbonyl (C=O) groups excluding carboxylic acids is 1. The van der Waals surface area contributed by atoms with Crippen LogP contribution in [0.5, 0.6) is 0 Å². The quantitative estimate of drug-likeness (QED) is 0.685. The number of ether oxygens (including phenoxy) is 3. The largest absolute Gasteiger partial charge is 0.366 e. The van der Waals surface area contributed by atoms with E-state index in [9.17, 15) is 9.90 Å². The molecule has 4 fully saturated rings. The van der Waals surface area contributed by atoms with Crippen molar-refractivity contribution in [3.05, 3.63) is 47.0 Å². The Hall–Kier alpha value is -1.53. The van der Waals surface area contributed by atoms with Gasteiger partial charge < -0.3 is 19.3 Å². The van der Waals surface area contributed by atoms with Crippen molar-refractivity contribution in [3.63, 3.8) is 0 Å². The second-order valence-electron chi connectivity index (χ2n) is 12.1. The summed E-state index contributed by atoms with van der Waals surface area (Å²) in [5.41, 5.74) is 2.54. The smallest absolute Gasteiger partial charge is 0.186 e. The van der Waals surface area contributed by atoms with E-state index in [4.69, 9.17) is 14.2 Å². The molecule has 0 radical (unpaired) electrons. The average molecular weight is 451 g/mol. The molecular formula is C28H34O5. The highest BCUT2D eigenvalue weighted by Crippen LogP contribution is 2.69. The van der Waals surface area contributed by atoms with Gasteiger partial charge in [0.05, 0.1) is 17.6 Å². The number of carbonyl (C=O) groups is 1. The minimum absolute atomic E-state index is 0.0734. The van der Waals surface area contributed by atoms with Crippen LogP contribution >= 0.6 is 0 Å². The number of hydrogen-bond acceptors (Lipinski definition) is 5. The van der Waals surface area contributed by atoms with Crippen LogP contribution in [0.15, 0.2) is 30.4 Å². The first-order valence-corrected chi connectivity index (χ1v) is 12.7. The number of aliphatic hydroxyl groups is 1. The van der Waals surface area contributed by atoms with E-state index < -0.39 is 17.3 Å². The molecule has 1 saturated carbocycles. The van der Waals surface area contributed by atoms with Crippen LogP contribution in [0.2, 0.25) is 0 Å². The zero-order chi connectivity index (χ0) is 23.0. The molecule has 5 nitrogen and oxygen atoms in total. The Labute approximate surface area is 195 Å². The van der Waals surface area contributed by atoms with Crippen LogP contribution in [0.25, 0.3) is 0 Å². The molecule has 0 aromatic heterocycles. The van der Waals surface area contributed by atoms with Crippen LogP contribution in [0.1, 0.15) is 81.9 Å². The third-order valence-corrected chi connectivity index (χ3v) is 10.8. The number of benzene rings is 1. The molecule has 3 saturated heterocycles. The minimum Gasteiger partial charge on any atom is -0.366 e. The Bertz CT molecular complexity index is 1100. The van der Waals surface area contributed by atoms with E-state index >= 15 is 0 Å². The van der Waals surface area contributed by atoms with Crippen LogP contribution in [0.4, 0.5) is 0 Å². The summed E-state index contributed by atoms with van der Waals surface area (Å²) in [6, 6.07) is 6.90. The van der Waals surface area contributed by atoms with E-state index in [2.05, 4.69) is 39.0 Å². The first-order valence-electron chi connectivity index (χ1n) is 12.7. The molecule has 1 aromatic rings. The maximum absolute atomic E-state index is 13.2. The lowest BCUT2D eigenvalue weighted by atomic mass is 9.49. The highest BCUT2D eigenvalue weighted by atomic mass is 16.7. The Morgan fingerprint density at radius 2 is 2.03 bits per heavy atom. The van der Waals surface area contributed by atoms with E-state index in [0.717, 1.165) is 32.1 Å². The summed E-state index contributed by atoms with van der Waals surface area (Å²) in [5, 5.41) is 10.5. The van der Waals surface area contributed by atoms with Crippen molar-refractivity contribution in [1.82, 2.24) is 0 Å². The molecule has 33 heavy (non-hydrogen) atoms. The van der Waals surface area contributed by atoms with E-state index in [1.807, 2.05) is 13.0 Å². The topological polar surface area (TPSA) is 71.6 Å². The highest BCUT2D eigenvalue weighted by molar-refractivity contribution is 5.98. The van der Waals surface area contributed by atoms with Crippen LogP contribution in [0, 0.1) is 11.3 Å². The molecule has 176 valence electrons. The van der Waals surface area contributed by atoms with Crippen molar-refractivity contribution in [2.45, 2.75) is 107 Å². The highest BCUT2D eigenvalue weighted by Gasteiger charge is 2.75. The lowest BCUT2D eigenvalue weighted by Gasteiger charge is -2.51. The lowest BCUT2D eigenvalue weighted by Crippen LogP contribution is -2.56. The van der Waals surface area contributed by atoms with Crippen LogP contribution < -0.4 is 0 Å². The van der Waals surface area contributed by atoms with Gasteiger partial charge in [-0.3, -0.25) is 4.79 Å². The van der Waals surface area contributed by atoms with E-state index in [-0.39, 0.29) is 35.1 Å². The Kier molecular flexibility index (Phi) is 3.89. The zero-order valence-electron chi connectivity index (χ0n) is 20.0. The van der Waals surface area contributed by atoms with Gasteiger partial charge in [-0.15, -0.1) is 0 Å². The van der Waals surface area contributed by atoms with Gasteiger partial charge in [-0.2, -0.15) is 0 Å². The summed E-state index contributed by atoms with van der Waals surface area (Å²) < 4.78 is 18.2. The van der Waals surface area contributed by atoms with E-state index in [1.54, 1.807) is 6.08 Å². The number of ketones is 1. The first kappa shape index (κ1) is 20.8. The maximum atomic E-state index is 13.2. The molecule has 0 amide bonds. The molecule has 1 aromatic carbocycles. The Morgan fingerprint density at radius 1 is 1.21 bits per heavy atom. The van der Waals surface area contributed by atoms with Gasteiger partial charge in [0, 0.05) is 12.3 Å². The standard InChI is InChI=1S/C28H34O5/c1-15(21-14-25(2)27(4,33-25)24(30)31-21)16-7-9-18-17(12-16)8-10-20-19(18)13-23-28(32-23)11-5-6-22(29)26(20,28)3/h5-7,9,12,15,19-21,23-24,30H,8,10-11,13-14H2,1-4H3/t15?,19?,20?,21?,23?,24-,25+,26+,27-,28?/m1/s1. The van der Waals surface area contributed by atoms with Crippen LogP contribution in [-0.4, -0.2) is 46.2 Å². The summed E-state index contributed by atoms with van der Waals surface area (Å²) in [6.07, 6.45) is 7.79. The molecule has 5 heteroatoms. The number of fused-ring (bicyclic) bond motifs is 5. The predicted molar refractivity (Wildman–Crippen MR) is 122 cm³/mol. The third kappa shape index (κ3) is 2.40. The van der Waals surface area contributed by atoms with Crippen LogP contribution in [0.3, 0.4) is 0 Å². The van der Waals surface area contributed by atoms with Crippen molar-refractivity contribution in [1.29, 1.82) is 0 Å². The third-order valence-electron chi connectivity index (χ3n) is 10.8. The number of aliphatic hydroxyl groups excluding tert-OH is 1. The monoisotopic (exact) mass is 450 g/mol. The Morgan fingerprint density at radius 3 is 2.82 bits per heavy atom. The van der Waals surface area contributed by atoms with Crippen molar-refractivity contribution < 1.29 is 24.1 Å². The molecule has 1 N–H and O–H groups in total. The van der Waals surface area contributed by atoms with Gasteiger partial charge in [-0.05, 0) is 81.1 Å². The average Bonchev–Trinajstić information content (AvgIpc) is 3.64. The van der Waals surface area contributed by atoms with Gasteiger partial charge in [0.1, 0.15) is 16.8 Å². The molecule has 7 rings (SSSR count). The number of hydrogen-bond donors (Lipinski definition) is 1.